The molecule has 0 saturated carbocycles. The van der Waals surface area contributed by atoms with Crippen LogP contribution < -0.4 is 0 Å². The highest BCUT2D eigenvalue weighted by atomic mass is 16.5. The van der Waals surface area contributed by atoms with E-state index in [1.165, 1.54) is 7.11 Å². The van der Waals surface area contributed by atoms with Crippen LogP contribution in [0.25, 0.3) is 0 Å². The Hall–Kier alpha value is -0.650. The molecule has 5 nitrogen and oxygen atoms in total. The third kappa shape index (κ3) is 2.18. The number of likely N-dealkylation sites (tertiary alicyclic amines) is 1. The fourth-order valence-corrected chi connectivity index (χ4v) is 1.43. The summed E-state index contributed by atoms with van der Waals surface area (Å²) >= 11 is 0. The van der Waals surface area contributed by atoms with Crippen LogP contribution in [0.5, 0.6) is 0 Å². The zero-order valence-electron chi connectivity index (χ0n) is 7.80. The summed E-state index contributed by atoms with van der Waals surface area (Å²) in [5.74, 6) is -0.346. The number of aliphatic hydroxyl groups is 2. The van der Waals surface area contributed by atoms with Crippen LogP contribution in [0.15, 0.2) is 0 Å². The van der Waals surface area contributed by atoms with Gasteiger partial charge < -0.3 is 14.9 Å². The van der Waals surface area contributed by atoms with Crippen molar-refractivity contribution in [2.75, 3.05) is 20.2 Å². The van der Waals surface area contributed by atoms with Gasteiger partial charge >= 0.3 is 5.97 Å². The fraction of sp³-hybridized carbons (Fsp3) is 0.875. The average Bonchev–Trinajstić information content (AvgIpc) is 2.44. The molecule has 1 aliphatic rings. The molecule has 1 aliphatic heterocycles. The first kappa shape index (κ1) is 10.4. The van der Waals surface area contributed by atoms with E-state index >= 15 is 0 Å². The summed E-state index contributed by atoms with van der Waals surface area (Å²) in [7, 11) is 1.32. The first-order valence-corrected chi connectivity index (χ1v) is 4.24. The molecule has 76 valence electrons. The maximum Gasteiger partial charge on any atom is 0.322 e. The quantitative estimate of drug-likeness (QED) is 0.522. The molecule has 1 unspecified atom stereocenters. The molecule has 0 aromatic carbocycles. The molecule has 0 aromatic rings. The zero-order valence-corrected chi connectivity index (χ0v) is 7.80. The number of hydrogen-bond donors (Lipinski definition) is 2. The zero-order chi connectivity index (χ0) is 10.0. The average molecular weight is 189 g/mol. The van der Waals surface area contributed by atoms with E-state index in [-0.39, 0.29) is 5.97 Å². The van der Waals surface area contributed by atoms with Gasteiger partial charge in [-0.15, -0.1) is 0 Å². The lowest BCUT2D eigenvalue weighted by atomic mass is 10.3. The summed E-state index contributed by atoms with van der Waals surface area (Å²) in [6.45, 7) is 2.32. The summed E-state index contributed by atoms with van der Waals surface area (Å²) in [6, 6.07) is -0.406. The number of methoxy groups -OCH3 is 1. The monoisotopic (exact) mass is 189 g/mol. The SMILES string of the molecule is COC(=O)C(C)N1C[C@@H](O)[C@@H](O)C1. The summed E-state index contributed by atoms with van der Waals surface area (Å²) in [5, 5.41) is 18.5. The first-order valence-electron chi connectivity index (χ1n) is 4.24. The summed E-state index contributed by atoms with van der Waals surface area (Å²) in [6.07, 6.45) is -1.51. The fourth-order valence-electron chi connectivity index (χ4n) is 1.43. The van der Waals surface area contributed by atoms with Crippen LogP contribution in [0.4, 0.5) is 0 Å². The Morgan fingerprint density at radius 3 is 2.31 bits per heavy atom. The topological polar surface area (TPSA) is 70.0 Å². The van der Waals surface area contributed by atoms with E-state index in [4.69, 9.17) is 0 Å². The molecular weight excluding hydrogens is 174 g/mol. The van der Waals surface area contributed by atoms with E-state index in [1.807, 2.05) is 0 Å². The Labute approximate surface area is 76.9 Å². The van der Waals surface area contributed by atoms with Gasteiger partial charge in [-0.1, -0.05) is 0 Å². The van der Waals surface area contributed by atoms with Crippen LogP contribution in [0.1, 0.15) is 6.92 Å². The highest BCUT2D eigenvalue weighted by molar-refractivity contribution is 5.75. The Morgan fingerprint density at radius 1 is 1.46 bits per heavy atom. The molecule has 1 rings (SSSR count). The van der Waals surface area contributed by atoms with E-state index in [2.05, 4.69) is 4.74 Å². The lowest BCUT2D eigenvalue weighted by molar-refractivity contribution is -0.146. The highest BCUT2D eigenvalue weighted by Crippen LogP contribution is 2.13. The van der Waals surface area contributed by atoms with Gasteiger partial charge in [-0.3, -0.25) is 9.69 Å². The molecule has 0 radical (unpaired) electrons. The molecule has 3 atom stereocenters. The number of esters is 1. The van der Waals surface area contributed by atoms with Crippen LogP contribution >= 0.6 is 0 Å². The van der Waals surface area contributed by atoms with E-state index in [0.29, 0.717) is 13.1 Å². The summed E-state index contributed by atoms with van der Waals surface area (Å²) < 4.78 is 4.55. The second-order valence-corrected chi connectivity index (χ2v) is 3.29. The molecule has 1 heterocycles. The molecule has 0 spiro atoms. The van der Waals surface area contributed by atoms with Crippen molar-refractivity contribution in [3.8, 4) is 0 Å². The van der Waals surface area contributed by atoms with Gasteiger partial charge in [0.1, 0.15) is 6.04 Å². The highest BCUT2D eigenvalue weighted by Gasteiger charge is 2.34. The van der Waals surface area contributed by atoms with Crippen molar-refractivity contribution < 1.29 is 19.7 Å². The third-order valence-electron chi connectivity index (χ3n) is 2.38. The van der Waals surface area contributed by atoms with Gasteiger partial charge in [0.25, 0.3) is 0 Å². The van der Waals surface area contributed by atoms with Crippen LogP contribution in [0.2, 0.25) is 0 Å². The van der Waals surface area contributed by atoms with E-state index < -0.39 is 18.2 Å². The van der Waals surface area contributed by atoms with Gasteiger partial charge in [-0.25, -0.2) is 0 Å². The minimum absolute atomic E-state index is 0.317. The molecular formula is C8H15NO4. The number of nitrogens with zero attached hydrogens (tertiary/aromatic N) is 1. The predicted molar refractivity (Wildman–Crippen MR) is 45.1 cm³/mol. The van der Waals surface area contributed by atoms with Gasteiger partial charge in [0.05, 0.1) is 19.3 Å². The summed E-state index contributed by atoms with van der Waals surface area (Å²) in [5.41, 5.74) is 0. The Kier molecular flexibility index (Phi) is 3.24. The predicted octanol–water partition coefficient (Wildman–Crippen LogP) is -1.41. The minimum Gasteiger partial charge on any atom is -0.468 e. The molecule has 1 fully saturated rings. The van der Waals surface area contributed by atoms with Crippen molar-refractivity contribution in [1.82, 2.24) is 4.90 Å². The molecule has 0 amide bonds. The van der Waals surface area contributed by atoms with Gasteiger partial charge in [-0.2, -0.15) is 0 Å². The number of ether oxygens (including phenoxy) is 1. The number of carbonyl (C=O) groups is 1. The Balaban J connectivity index is 2.50. The molecule has 13 heavy (non-hydrogen) atoms. The largest absolute Gasteiger partial charge is 0.468 e. The van der Waals surface area contributed by atoms with Crippen molar-refractivity contribution in [1.29, 1.82) is 0 Å². The normalized spacial score (nSPS) is 31.7. The standard InChI is InChI=1S/C8H15NO4/c1-5(8(12)13-2)9-3-6(10)7(11)4-9/h5-7,10-11H,3-4H2,1-2H3/t5?,6-,7+. The van der Waals surface area contributed by atoms with Crippen LogP contribution in [0, 0.1) is 0 Å². The molecule has 0 bridgehead atoms. The lowest BCUT2D eigenvalue weighted by Gasteiger charge is -2.20. The first-order chi connectivity index (χ1) is 6.06. The van der Waals surface area contributed by atoms with Crippen molar-refractivity contribution >= 4 is 5.97 Å². The Morgan fingerprint density at radius 2 is 1.92 bits per heavy atom. The van der Waals surface area contributed by atoms with Crippen molar-refractivity contribution in [2.24, 2.45) is 0 Å². The van der Waals surface area contributed by atoms with Crippen molar-refractivity contribution in [2.45, 2.75) is 25.2 Å². The number of carbonyl (C=O) groups excluding carboxylic acids is 1. The smallest absolute Gasteiger partial charge is 0.322 e. The van der Waals surface area contributed by atoms with Crippen molar-refractivity contribution in [3.05, 3.63) is 0 Å². The molecule has 1 saturated heterocycles. The van der Waals surface area contributed by atoms with Crippen LogP contribution in [-0.2, 0) is 9.53 Å². The number of hydrogen-bond acceptors (Lipinski definition) is 5. The van der Waals surface area contributed by atoms with Crippen molar-refractivity contribution in [3.63, 3.8) is 0 Å². The molecule has 0 aromatic heterocycles. The Bertz CT molecular complexity index is 187. The number of rotatable bonds is 2. The molecule has 5 heteroatoms. The lowest BCUT2D eigenvalue weighted by Crippen LogP contribution is -2.38. The second kappa shape index (κ2) is 4.04. The number of aliphatic hydroxyl groups excluding tert-OH is 2. The number of β-amino-alcohol motifs (C(OH)–C–C–N with tert-alkyl or cyclic N) is 2. The van der Waals surface area contributed by atoms with Gasteiger partial charge in [-0.05, 0) is 6.92 Å². The van der Waals surface area contributed by atoms with Gasteiger partial charge in [0, 0.05) is 13.1 Å². The van der Waals surface area contributed by atoms with E-state index in [1.54, 1.807) is 11.8 Å². The van der Waals surface area contributed by atoms with E-state index in [9.17, 15) is 15.0 Å². The van der Waals surface area contributed by atoms with Crippen LogP contribution in [0.3, 0.4) is 0 Å². The third-order valence-corrected chi connectivity index (χ3v) is 2.38. The molecule has 0 aliphatic carbocycles. The van der Waals surface area contributed by atoms with Gasteiger partial charge in [0.15, 0.2) is 0 Å². The second-order valence-electron chi connectivity index (χ2n) is 3.29. The van der Waals surface area contributed by atoms with E-state index in [0.717, 1.165) is 0 Å². The van der Waals surface area contributed by atoms with Gasteiger partial charge in [0.2, 0.25) is 0 Å². The van der Waals surface area contributed by atoms with Crippen LogP contribution in [-0.4, -0.2) is 59.5 Å². The maximum atomic E-state index is 11.1. The molecule has 2 N–H and O–H groups in total. The minimum atomic E-state index is -0.757. The maximum absolute atomic E-state index is 11.1. The summed E-state index contributed by atoms with van der Waals surface area (Å²) in [4.78, 5) is 12.8.